The van der Waals surface area contributed by atoms with E-state index in [-0.39, 0.29) is 5.41 Å². The predicted molar refractivity (Wildman–Crippen MR) is 63.9 cm³/mol. The summed E-state index contributed by atoms with van der Waals surface area (Å²) in [4.78, 5) is 0. The summed E-state index contributed by atoms with van der Waals surface area (Å²) in [5.74, 6) is 0.734. The molecule has 1 heterocycles. The third-order valence-electron chi connectivity index (χ3n) is 4.30. The number of nitrogens with zero attached hydrogens (tertiary/aromatic N) is 1. The third-order valence-corrected chi connectivity index (χ3v) is 4.30. The molecule has 2 fully saturated rings. The lowest BCUT2D eigenvalue weighted by atomic mass is 9.68. The molecule has 1 saturated carbocycles. The first-order valence-corrected chi connectivity index (χ1v) is 6.77. The van der Waals surface area contributed by atoms with Gasteiger partial charge < -0.3 is 4.74 Å². The lowest BCUT2D eigenvalue weighted by Gasteiger charge is -2.34. The zero-order chi connectivity index (χ0) is 11.4. The fourth-order valence-corrected chi connectivity index (χ4v) is 3.35. The first-order chi connectivity index (χ1) is 7.74. The van der Waals surface area contributed by atoms with Crippen LogP contribution in [0.2, 0.25) is 0 Å². The Bertz CT molecular complexity index is 264. The van der Waals surface area contributed by atoms with Crippen molar-refractivity contribution in [2.24, 2.45) is 11.3 Å². The predicted octanol–water partition coefficient (Wildman–Crippen LogP) is 3.67. The fourth-order valence-electron chi connectivity index (χ4n) is 3.35. The van der Waals surface area contributed by atoms with Gasteiger partial charge in [-0.2, -0.15) is 5.26 Å². The van der Waals surface area contributed by atoms with Gasteiger partial charge in [0.1, 0.15) is 0 Å². The maximum absolute atomic E-state index is 9.44. The van der Waals surface area contributed by atoms with E-state index in [9.17, 15) is 5.26 Å². The van der Waals surface area contributed by atoms with Crippen molar-refractivity contribution in [3.8, 4) is 6.07 Å². The molecule has 1 aliphatic carbocycles. The molecule has 0 spiro atoms. The van der Waals surface area contributed by atoms with E-state index in [4.69, 9.17) is 4.74 Å². The van der Waals surface area contributed by atoms with Gasteiger partial charge in [-0.15, -0.1) is 0 Å². The summed E-state index contributed by atoms with van der Waals surface area (Å²) >= 11 is 0. The second-order valence-electron chi connectivity index (χ2n) is 5.77. The Hall–Kier alpha value is -0.550. The number of nitriles is 1. The van der Waals surface area contributed by atoms with Crippen LogP contribution in [0.5, 0.6) is 0 Å². The summed E-state index contributed by atoms with van der Waals surface area (Å²) in [7, 11) is 0. The highest BCUT2D eigenvalue weighted by Gasteiger charge is 2.35. The highest BCUT2D eigenvalue weighted by Crippen LogP contribution is 2.43. The van der Waals surface area contributed by atoms with Crippen molar-refractivity contribution in [3.63, 3.8) is 0 Å². The van der Waals surface area contributed by atoms with E-state index in [1.165, 1.54) is 25.7 Å². The largest absolute Gasteiger partial charge is 0.378 e. The average Bonchev–Trinajstić information content (AvgIpc) is 2.79. The summed E-state index contributed by atoms with van der Waals surface area (Å²) < 4.78 is 5.65. The van der Waals surface area contributed by atoms with E-state index < -0.39 is 0 Å². The standard InChI is InChI=1S/C14H23NO/c1-12-4-2-7-14(10-12,11-15)8-6-13-5-3-9-16-13/h12-13H,2-10H2,1H3. The molecule has 0 bridgehead atoms. The van der Waals surface area contributed by atoms with E-state index in [2.05, 4.69) is 13.0 Å². The quantitative estimate of drug-likeness (QED) is 0.728. The molecule has 0 amide bonds. The van der Waals surface area contributed by atoms with Crippen LogP contribution in [0.4, 0.5) is 0 Å². The molecule has 0 aromatic carbocycles. The minimum atomic E-state index is -0.0242. The van der Waals surface area contributed by atoms with Crippen molar-refractivity contribution >= 4 is 0 Å². The van der Waals surface area contributed by atoms with Gasteiger partial charge in [0, 0.05) is 6.61 Å². The second-order valence-corrected chi connectivity index (χ2v) is 5.77. The molecule has 2 heteroatoms. The van der Waals surface area contributed by atoms with Gasteiger partial charge in [0.15, 0.2) is 0 Å². The molecule has 0 N–H and O–H groups in total. The van der Waals surface area contributed by atoms with Crippen LogP contribution in [-0.2, 0) is 4.74 Å². The fraction of sp³-hybridized carbons (Fsp3) is 0.929. The van der Waals surface area contributed by atoms with Gasteiger partial charge in [-0.3, -0.25) is 0 Å². The Morgan fingerprint density at radius 1 is 1.38 bits per heavy atom. The first kappa shape index (κ1) is 11.9. The van der Waals surface area contributed by atoms with Crippen molar-refractivity contribution < 1.29 is 4.74 Å². The molecule has 3 atom stereocenters. The maximum atomic E-state index is 9.44. The van der Waals surface area contributed by atoms with Crippen LogP contribution in [-0.4, -0.2) is 12.7 Å². The van der Waals surface area contributed by atoms with E-state index >= 15 is 0 Å². The Morgan fingerprint density at radius 3 is 2.88 bits per heavy atom. The maximum Gasteiger partial charge on any atom is 0.0689 e. The molecule has 16 heavy (non-hydrogen) atoms. The lowest BCUT2D eigenvalue weighted by molar-refractivity contribution is 0.0846. The van der Waals surface area contributed by atoms with E-state index in [1.54, 1.807) is 0 Å². The molecule has 90 valence electrons. The molecule has 2 nitrogen and oxygen atoms in total. The summed E-state index contributed by atoms with van der Waals surface area (Å²) in [6.07, 6.45) is 9.78. The molecule has 3 unspecified atom stereocenters. The van der Waals surface area contributed by atoms with Crippen molar-refractivity contribution in [3.05, 3.63) is 0 Å². The summed E-state index contributed by atoms with van der Waals surface area (Å²) in [5.41, 5.74) is -0.0242. The average molecular weight is 221 g/mol. The highest BCUT2D eigenvalue weighted by molar-refractivity contribution is 5.01. The minimum absolute atomic E-state index is 0.0242. The SMILES string of the molecule is CC1CCCC(C#N)(CCC2CCCO2)C1. The molecule has 1 aliphatic heterocycles. The summed E-state index contributed by atoms with van der Waals surface area (Å²) in [5, 5.41) is 9.44. The molecular weight excluding hydrogens is 198 g/mol. The van der Waals surface area contributed by atoms with E-state index in [0.29, 0.717) is 6.10 Å². The summed E-state index contributed by atoms with van der Waals surface area (Å²) in [6, 6.07) is 2.62. The van der Waals surface area contributed by atoms with Crippen LogP contribution < -0.4 is 0 Å². The number of hydrogen-bond donors (Lipinski definition) is 0. The highest BCUT2D eigenvalue weighted by atomic mass is 16.5. The monoisotopic (exact) mass is 221 g/mol. The topological polar surface area (TPSA) is 33.0 Å². The van der Waals surface area contributed by atoms with Crippen molar-refractivity contribution in [2.45, 2.75) is 64.4 Å². The molecule has 0 radical (unpaired) electrons. The van der Waals surface area contributed by atoms with Crippen LogP contribution >= 0.6 is 0 Å². The van der Waals surface area contributed by atoms with Gasteiger partial charge in [0.05, 0.1) is 17.6 Å². The van der Waals surface area contributed by atoms with Crippen LogP contribution in [0, 0.1) is 22.7 Å². The zero-order valence-corrected chi connectivity index (χ0v) is 10.4. The lowest BCUT2D eigenvalue weighted by Crippen LogP contribution is -2.27. The zero-order valence-electron chi connectivity index (χ0n) is 10.4. The van der Waals surface area contributed by atoms with Crippen molar-refractivity contribution in [1.29, 1.82) is 5.26 Å². The Labute approximate surface area is 99.0 Å². The smallest absolute Gasteiger partial charge is 0.0689 e. The Kier molecular flexibility index (Phi) is 3.86. The summed E-state index contributed by atoms with van der Waals surface area (Å²) in [6.45, 7) is 3.22. The molecule has 0 aromatic rings. The van der Waals surface area contributed by atoms with E-state index in [1.807, 2.05) is 0 Å². The third kappa shape index (κ3) is 2.77. The van der Waals surface area contributed by atoms with Gasteiger partial charge in [-0.25, -0.2) is 0 Å². The van der Waals surface area contributed by atoms with Gasteiger partial charge in [-0.05, 0) is 44.4 Å². The molecule has 0 aromatic heterocycles. The molecule has 2 aliphatic rings. The van der Waals surface area contributed by atoms with E-state index in [0.717, 1.165) is 38.2 Å². The molecule has 2 rings (SSSR count). The molecule has 1 saturated heterocycles. The minimum Gasteiger partial charge on any atom is -0.378 e. The molecular formula is C14H23NO. The Morgan fingerprint density at radius 2 is 2.25 bits per heavy atom. The van der Waals surface area contributed by atoms with Crippen LogP contribution in [0.15, 0.2) is 0 Å². The number of rotatable bonds is 3. The second kappa shape index (κ2) is 5.19. The van der Waals surface area contributed by atoms with Crippen LogP contribution in [0.1, 0.15) is 58.3 Å². The first-order valence-electron chi connectivity index (χ1n) is 6.77. The van der Waals surface area contributed by atoms with Gasteiger partial charge in [-0.1, -0.05) is 19.8 Å². The van der Waals surface area contributed by atoms with Gasteiger partial charge in [0.2, 0.25) is 0 Å². The Balaban J connectivity index is 1.86. The van der Waals surface area contributed by atoms with Gasteiger partial charge >= 0.3 is 0 Å². The van der Waals surface area contributed by atoms with Crippen molar-refractivity contribution in [2.75, 3.05) is 6.61 Å². The van der Waals surface area contributed by atoms with Crippen molar-refractivity contribution in [1.82, 2.24) is 0 Å². The van der Waals surface area contributed by atoms with Crippen LogP contribution in [0.25, 0.3) is 0 Å². The number of ether oxygens (including phenoxy) is 1. The van der Waals surface area contributed by atoms with Crippen LogP contribution in [0.3, 0.4) is 0 Å². The normalized spacial score (nSPS) is 39.5. The van der Waals surface area contributed by atoms with Gasteiger partial charge in [0.25, 0.3) is 0 Å². The number of hydrogen-bond acceptors (Lipinski definition) is 2.